The molecule has 2 atom stereocenters. The van der Waals surface area contributed by atoms with E-state index < -0.39 is 30.1 Å². The number of halogens is 1. The average molecular weight is 427 g/mol. The maximum Gasteiger partial charge on any atom is 0.339 e. The summed E-state index contributed by atoms with van der Waals surface area (Å²) in [6, 6.07) is 5.89. The molecule has 2 aliphatic rings. The van der Waals surface area contributed by atoms with Crippen LogP contribution in [0.1, 0.15) is 52.0 Å². The first-order chi connectivity index (χ1) is 14.6. The maximum absolute atomic E-state index is 14.1. The minimum atomic E-state index is -1.15. The van der Waals surface area contributed by atoms with Crippen LogP contribution in [0.15, 0.2) is 41.2 Å². The number of carboxylic acid groups (broad SMARTS) is 1. The fourth-order valence-corrected chi connectivity index (χ4v) is 4.25. The Labute approximate surface area is 181 Å². The van der Waals surface area contributed by atoms with E-state index in [4.69, 9.17) is 14.6 Å². The van der Waals surface area contributed by atoms with E-state index in [-0.39, 0.29) is 29.3 Å². The molecule has 0 aromatic heterocycles. The van der Waals surface area contributed by atoms with Gasteiger partial charge in [-0.25, -0.2) is 9.18 Å². The number of hydrogen-bond acceptors (Lipinski definition) is 5. The Morgan fingerprint density at radius 2 is 2.13 bits per heavy atom. The van der Waals surface area contributed by atoms with E-state index in [2.05, 4.69) is 13.0 Å². The highest BCUT2D eigenvalue weighted by molar-refractivity contribution is 5.91. The van der Waals surface area contributed by atoms with Gasteiger partial charge < -0.3 is 14.6 Å². The molecule has 0 saturated carbocycles. The summed E-state index contributed by atoms with van der Waals surface area (Å²) >= 11 is 0. The molecule has 0 fully saturated rings. The van der Waals surface area contributed by atoms with Crippen molar-refractivity contribution in [2.24, 2.45) is 11.8 Å². The lowest BCUT2D eigenvalue weighted by atomic mass is 9.75. The summed E-state index contributed by atoms with van der Waals surface area (Å²) in [6.07, 6.45) is 4.12. The molecule has 31 heavy (non-hydrogen) atoms. The van der Waals surface area contributed by atoms with E-state index >= 15 is 0 Å². The van der Waals surface area contributed by atoms with E-state index in [1.807, 2.05) is 13.8 Å². The number of hydrogen-bond donors (Lipinski definition) is 1. The molecule has 1 aromatic carbocycles. The van der Waals surface area contributed by atoms with Gasteiger partial charge in [-0.05, 0) is 55.9 Å². The van der Waals surface area contributed by atoms with Gasteiger partial charge >= 0.3 is 11.9 Å². The van der Waals surface area contributed by atoms with Crippen LogP contribution < -0.4 is 4.74 Å². The number of esters is 1. The van der Waals surface area contributed by atoms with Crippen molar-refractivity contribution in [3.63, 3.8) is 0 Å². The third-order valence-electron chi connectivity index (χ3n) is 5.55. The number of carbonyl (C=O) groups is 2. The summed E-state index contributed by atoms with van der Waals surface area (Å²) < 4.78 is 25.6. The van der Waals surface area contributed by atoms with E-state index in [9.17, 15) is 19.2 Å². The van der Waals surface area contributed by atoms with Crippen LogP contribution >= 0.6 is 0 Å². The number of aliphatic carboxylic acids is 1. The lowest BCUT2D eigenvalue weighted by Crippen LogP contribution is -2.37. The first kappa shape index (κ1) is 22.5. The number of benzene rings is 1. The Kier molecular flexibility index (Phi) is 6.49. The quantitative estimate of drug-likeness (QED) is 0.522. The van der Waals surface area contributed by atoms with Gasteiger partial charge in [0, 0.05) is 18.1 Å². The minimum absolute atomic E-state index is 0.00731. The molecule has 0 radical (unpaired) electrons. The fourth-order valence-electron chi connectivity index (χ4n) is 4.25. The van der Waals surface area contributed by atoms with E-state index in [0.717, 1.165) is 30.9 Å². The summed E-state index contributed by atoms with van der Waals surface area (Å²) in [7, 11) is 0. The van der Waals surface area contributed by atoms with Crippen LogP contribution in [0, 0.1) is 29.0 Å². The van der Waals surface area contributed by atoms with Crippen molar-refractivity contribution in [2.75, 3.05) is 0 Å². The minimum Gasteiger partial charge on any atom is -0.490 e. The largest absolute Gasteiger partial charge is 0.490 e. The van der Waals surface area contributed by atoms with Crippen molar-refractivity contribution in [1.82, 2.24) is 0 Å². The lowest BCUT2D eigenvalue weighted by molar-refractivity contribution is -0.136. The van der Waals surface area contributed by atoms with Gasteiger partial charge in [-0.15, -0.1) is 0 Å². The second kappa shape index (κ2) is 8.93. The Hall–Kier alpha value is -3.14. The Bertz CT molecular complexity index is 1000. The summed E-state index contributed by atoms with van der Waals surface area (Å²) in [6.45, 7) is 6.10. The Morgan fingerprint density at radius 1 is 1.39 bits per heavy atom. The molecule has 6 nitrogen and oxygen atoms in total. The number of rotatable bonds is 6. The van der Waals surface area contributed by atoms with Crippen LogP contribution in [-0.2, 0) is 20.7 Å². The van der Waals surface area contributed by atoms with Gasteiger partial charge in [-0.3, -0.25) is 4.79 Å². The van der Waals surface area contributed by atoms with Gasteiger partial charge in [0.2, 0.25) is 0 Å². The van der Waals surface area contributed by atoms with Gasteiger partial charge in [-0.1, -0.05) is 19.4 Å². The van der Waals surface area contributed by atoms with Gasteiger partial charge in [0.25, 0.3) is 0 Å². The summed E-state index contributed by atoms with van der Waals surface area (Å²) in [5, 5.41) is 18.5. The van der Waals surface area contributed by atoms with Crippen molar-refractivity contribution < 1.29 is 28.6 Å². The lowest BCUT2D eigenvalue weighted by Gasteiger charge is -2.41. The molecule has 3 rings (SSSR count). The SMILES string of the molecule is CCCC1CC(C)(C)OC2=C1C=C(C(=O)Oc1ccc(CC(=O)O)c(F)c1)CC2C#N. The van der Waals surface area contributed by atoms with E-state index in [1.165, 1.54) is 12.1 Å². The molecule has 1 aromatic rings. The number of nitriles is 1. The van der Waals surface area contributed by atoms with Crippen molar-refractivity contribution in [3.8, 4) is 11.8 Å². The van der Waals surface area contributed by atoms with Crippen LogP contribution in [-0.4, -0.2) is 22.6 Å². The van der Waals surface area contributed by atoms with Gasteiger partial charge in [0.1, 0.15) is 28.8 Å². The predicted octanol–water partition coefficient (Wildman–Crippen LogP) is 4.70. The zero-order valence-electron chi connectivity index (χ0n) is 17.9. The topological polar surface area (TPSA) is 96.6 Å². The van der Waals surface area contributed by atoms with E-state index in [0.29, 0.717) is 11.3 Å². The molecule has 0 saturated heterocycles. The highest BCUT2D eigenvalue weighted by Crippen LogP contribution is 2.45. The third-order valence-corrected chi connectivity index (χ3v) is 5.55. The predicted molar refractivity (Wildman–Crippen MR) is 110 cm³/mol. The standard InChI is InChI=1S/C24H26FNO5/c1-4-5-15-12-24(2,3)31-22-17(13-26)8-16(9-19(15)22)23(29)30-18-7-6-14(10-21(27)28)20(25)11-18/h6-7,9,11,15,17H,4-5,8,10,12H2,1-3H3,(H,27,28). The molecule has 7 heteroatoms. The molecule has 0 amide bonds. The molecule has 1 aliphatic carbocycles. The van der Waals surface area contributed by atoms with Crippen LogP contribution in [0.3, 0.4) is 0 Å². The van der Waals surface area contributed by atoms with Crippen LogP contribution in [0.4, 0.5) is 4.39 Å². The van der Waals surface area contributed by atoms with Crippen molar-refractivity contribution in [1.29, 1.82) is 5.26 Å². The number of ether oxygens (including phenoxy) is 2. The Balaban J connectivity index is 1.86. The van der Waals surface area contributed by atoms with Gasteiger partial charge in [0.05, 0.1) is 12.5 Å². The fraction of sp³-hybridized carbons (Fsp3) is 0.458. The maximum atomic E-state index is 14.1. The summed E-state index contributed by atoms with van der Waals surface area (Å²) in [4.78, 5) is 23.6. The number of nitrogens with zero attached hydrogens (tertiary/aromatic N) is 1. The number of allylic oxidation sites excluding steroid dienone is 3. The second-order valence-electron chi connectivity index (χ2n) is 8.64. The Morgan fingerprint density at radius 3 is 2.74 bits per heavy atom. The molecular weight excluding hydrogens is 401 g/mol. The normalized spacial score (nSPS) is 22.0. The van der Waals surface area contributed by atoms with Crippen LogP contribution in [0.5, 0.6) is 5.75 Å². The second-order valence-corrected chi connectivity index (χ2v) is 8.64. The van der Waals surface area contributed by atoms with Crippen molar-refractivity contribution in [2.45, 2.75) is 58.5 Å². The average Bonchev–Trinajstić information content (AvgIpc) is 2.68. The molecule has 2 unspecified atom stereocenters. The first-order valence-corrected chi connectivity index (χ1v) is 10.4. The first-order valence-electron chi connectivity index (χ1n) is 10.4. The molecule has 1 aliphatic heterocycles. The zero-order chi connectivity index (χ0) is 22.8. The van der Waals surface area contributed by atoms with Gasteiger partial charge in [0.15, 0.2) is 0 Å². The third kappa shape index (κ3) is 5.13. The smallest absolute Gasteiger partial charge is 0.339 e. The molecule has 1 N–H and O–H groups in total. The molecule has 0 bridgehead atoms. The number of carbonyl (C=O) groups excluding carboxylic acids is 1. The van der Waals surface area contributed by atoms with Gasteiger partial charge in [-0.2, -0.15) is 5.26 Å². The molecule has 0 spiro atoms. The molecule has 1 heterocycles. The number of carboxylic acids is 1. The van der Waals surface area contributed by atoms with Crippen molar-refractivity contribution in [3.05, 3.63) is 52.6 Å². The zero-order valence-corrected chi connectivity index (χ0v) is 17.9. The summed E-state index contributed by atoms with van der Waals surface area (Å²) in [5.74, 6) is -2.35. The monoisotopic (exact) mass is 427 g/mol. The summed E-state index contributed by atoms with van der Waals surface area (Å²) in [5.41, 5.74) is 0.834. The molecule has 164 valence electrons. The van der Waals surface area contributed by atoms with E-state index in [1.54, 1.807) is 6.08 Å². The molecular formula is C24H26FNO5. The van der Waals surface area contributed by atoms with Crippen LogP contribution in [0.2, 0.25) is 0 Å². The van der Waals surface area contributed by atoms with Crippen molar-refractivity contribution >= 4 is 11.9 Å². The highest BCUT2D eigenvalue weighted by Gasteiger charge is 2.40. The highest BCUT2D eigenvalue weighted by atomic mass is 19.1. The van der Waals surface area contributed by atoms with Crippen LogP contribution in [0.25, 0.3) is 0 Å².